The van der Waals surface area contributed by atoms with Gasteiger partial charge in [0, 0.05) is 14.1 Å². The van der Waals surface area contributed by atoms with E-state index in [4.69, 9.17) is 9.57 Å². The third kappa shape index (κ3) is 2.45. The van der Waals surface area contributed by atoms with E-state index >= 15 is 0 Å². The molecule has 2 aromatic rings. The summed E-state index contributed by atoms with van der Waals surface area (Å²) in [6.07, 6.45) is 3.36. The summed E-state index contributed by atoms with van der Waals surface area (Å²) < 4.78 is 6.97. The molecule has 0 bridgehead atoms. The Bertz CT molecular complexity index is 593. The maximum absolute atomic E-state index is 12.1. The van der Waals surface area contributed by atoms with Crippen molar-refractivity contribution < 1.29 is 14.4 Å². The SMILES string of the molecule is COc1nc(-c2cncn2C)sc1C(=O)N(C)OC. The van der Waals surface area contributed by atoms with E-state index in [1.807, 2.05) is 11.6 Å². The van der Waals surface area contributed by atoms with Gasteiger partial charge in [0.05, 0.1) is 32.4 Å². The van der Waals surface area contributed by atoms with Gasteiger partial charge in [-0.25, -0.2) is 10.0 Å². The maximum atomic E-state index is 12.1. The van der Waals surface area contributed by atoms with Gasteiger partial charge in [-0.2, -0.15) is 4.98 Å². The number of carbonyl (C=O) groups excluding carboxylic acids is 1. The molecule has 0 fully saturated rings. The fourth-order valence-corrected chi connectivity index (χ4v) is 2.53. The lowest BCUT2D eigenvalue weighted by atomic mass is 10.4. The highest BCUT2D eigenvalue weighted by Gasteiger charge is 2.23. The van der Waals surface area contributed by atoms with Crippen molar-refractivity contribution in [3.63, 3.8) is 0 Å². The van der Waals surface area contributed by atoms with Crippen molar-refractivity contribution in [1.29, 1.82) is 0 Å². The molecule has 2 rings (SSSR count). The molecule has 8 heteroatoms. The van der Waals surface area contributed by atoms with Crippen molar-refractivity contribution in [2.24, 2.45) is 7.05 Å². The summed E-state index contributed by atoms with van der Waals surface area (Å²) in [5.41, 5.74) is 0.822. The molecular weight excluding hydrogens is 268 g/mol. The second-order valence-electron chi connectivity index (χ2n) is 3.73. The summed E-state index contributed by atoms with van der Waals surface area (Å²) in [7, 11) is 6.29. The molecule has 0 unspecified atom stereocenters. The van der Waals surface area contributed by atoms with Gasteiger partial charge in [0.1, 0.15) is 5.01 Å². The van der Waals surface area contributed by atoms with E-state index in [0.29, 0.717) is 9.88 Å². The van der Waals surface area contributed by atoms with Crippen LogP contribution in [0.5, 0.6) is 5.88 Å². The van der Waals surface area contributed by atoms with Crippen LogP contribution in [0.25, 0.3) is 10.7 Å². The first-order chi connectivity index (χ1) is 9.08. The Balaban J connectivity index is 2.43. The lowest BCUT2D eigenvalue weighted by Crippen LogP contribution is -2.24. The van der Waals surface area contributed by atoms with Crippen molar-refractivity contribution in [3.8, 4) is 16.6 Å². The van der Waals surface area contributed by atoms with Crippen LogP contribution in [0.15, 0.2) is 12.5 Å². The quantitative estimate of drug-likeness (QED) is 0.788. The van der Waals surface area contributed by atoms with Crippen LogP contribution in [-0.4, -0.2) is 46.8 Å². The van der Waals surface area contributed by atoms with Gasteiger partial charge in [0.15, 0.2) is 4.88 Å². The van der Waals surface area contributed by atoms with Gasteiger partial charge in [0.2, 0.25) is 5.88 Å². The van der Waals surface area contributed by atoms with E-state index < -0.39 is 0 Å². The molecule has 2 aromatic heterocycles. The lowest BCUT2D eigenvalue weighted by molar-refractivity contribution is -0.0755. The molecular formula is C11H14N4O3S. The minimum atomic E-state index is -0.301. The van der Waals surface area contributed by atoms with Crippen LogP contribution in [-0.2, 0) is 11.9 Å². The number of aromatic nitrogens is 3. The largest absolute Gasteiger partial charge is 0.480 e. The Labute approximate surface area is 114 Å². The average molecular weight is 282 g/mol. The molecule has 0 aliphatic rings. The molecule has 2 heterocycles. The summed E-state index contributed by atoms with van der Waals surface area (Å²) >= 11 is 1.24. The summed E-state index contributed by atoms with van der Waals surface area (Å²) in [6.45, 7) is 0. The van der Waals surface area contributed by atoms with E-state index in [2.05, 4.69) is 9.97 Å². The Morgan fingerprint density at radius 3 is 2.74 bits per heavy atom. The van der Waals surface area contributed by atoms with Gasteiger partial charge in [-0.3, -0.25) is 9.63 Å². The monoisotopic (exact) mass is 282 g/mol. The van der Waals surface area contributed by atoms with E-state index in [9.17, 15) is 4.79 Å². The molecule has 1 amide bonds. The van der Waals surface area contributed by atoms with Crippen molar-refractivity contribution in [2.45, 2.75) is 0 Å². The van der Waals surface area contributed by atoms with Crippen LogP contribution < -0.4 is 4.74 Å². The van der Waals surface area contributed by atoms with Crippen LogP contribution >= 0.6 is 11.3 Å². The molecule has 0 radical (unpaired) electrons. The highest BCUT2D eigenvalue weighted by molar-refractivity contribution is 7.17. The number of rotatable bonds is 4. The fourth-order valence-electron chi connectivity index (χ4n) is 1.48. The van der Waals surface area contributed by atoms with Gasteiger partial charge >= 0.3 is 0 Å². The van der Waals surface area contributed by atoms with E-state index in [1.54, 1.807) is 12.5 Å². The first-order valence-electron chi connectivity index (χ1n) is 5.42. The predicted molar refractivity (Wildman–Crippen MR) is 70.0 cm³/mol. The number of ether oxygens (including phenoxy) is 1. The topological polar surface area (TPSA) is 69.5 Å². The fraction of sp³-hybridized carbons (Fsp3) is 0.364. The summed E-state index contributed by atoms with van der Waals surface area (Å²) in [4.78, 5) is 25.7. The first-order valence-corrected chi connectivity index (χ1v) is 6.23. The summed E-state index contributed by atoms with van der Waals surface area (Å²) in [6, 6.07) is 0. The molecule has 102 valence electrons. The zero-order chi connectivity index (χ0) is 14.0. The Morgan fingerprint density at radius 1 is 1.47 bits per heavy atom. The Hall–Kier alpha value is -1.93. The van der Waals surface area contributed by atoms with E-state index in [0.717, 1.165) is 10.8 Å². The molecule has 0 spiro atoms. The molecule has 0 atom stereocenters. The van der Waals surface area contributed by atoms with Gasteiger partial charge in [0.25, 0.3) is 5.91 Å². The van der Waals surface area contributed by atoms with E-state index in [-0.39, 0.29) is 11.8 Å². The van der Waals surface area contributed by atoms with Gasteiger partial charge < -0.3 is 9.30 Å². The third-order valence-corrected chi connectivity index (χ3v) is 3.63. The molecule has 0 aliphatic carbocycles. The number of thiazole rings is 1. The van der Waals surface area contributed by atoms with Crippen molar-refractivity contribution >= 4 is 17.2 Å². The molecule has 19 heavy (non-hydrogen) atoms. The minimum Gasteiger partial charge on any atom is -0.480 e. The minimum absolute atomic E-state index is 0.287. The summed E-state index contributed by atoms with van der Waals surface area (Å²) in [5, 5.41) is 1.80. The molecule has 0 aliphatic heterocycles. The number of hydrogen-bond donors (Lipinski definition) is 0. The van der Waals surface area contributed by atoms with E-state index in [1.165, 1.54) is 32.6 Å². The molecule has 0 saturated heterocycles. The van der Waals surface area contributed by atoms with Gasteiger partial charge in [-0.15, -0.1) is 11.3 Å². The normalized spacial score (nSPS) is 10.5. The molecule has 0 saturated carbocycles. The third-order valence-electron chi connectivity index (χ3n) is 2.58. The molecule has 7 nitrogen and oxygen atoms in total. The number of imidazole rings is 1. The highest BCUT2D eigenvalue weighted by atomic mass is 32.1. The first kappa shape index (κ1) is 13.5. The Morgan fingerprint density at radius 2 is 2.21 bits per heavy atom. The predicted octanol–water partition coefficient (Wildman–Crippen LogP) is 1.19. The van der Waals surface area contributed by atoms with Crippen LogP contribution in [0.2, 0.25) is 0 Å². The molecule has 0 N–H and O–H groups in total. The number of nitrogens with zero attached hydrogens (tertiary/aromatic N) is 4. The maximum Gasteiger partial charge on any atom is 0.292 e. The smallest absolute Gasteiger partial charge is 0.292 e. The number of aryl methyl sites for hydroxylation is 1. The Kier molecular flexibility index (Phi) is 3.82. The second kappa shape index (κ2) is 5.37. The second-order valence-corrected chi connectivity index (χ2v) is 4.73. The number of amides is 1. The van der Waals surface area contributed by atoms with Crippen LogP contribution in [0.1, 0.15) is 9.67 Å². The van der Waals surface area contributed by atoms with Crippen LogP contribution in [0, 0.1) is 0 Å². The number of methoxy groups -OCH3 is 1. The average Bonchev–Trinajstić information content (AvgIpc) is 3.02. The van der Waals surface area contributed by atoms with Crippen molar-refractivity contribution in [3.05, 3.63) is 17.4 Å². The van der Waals surface area contributed by atoms with Crippen LogP contribution in [0.4, 0.5) is 0 Å². The van der Waals surface area contributed by atoms with Crippen molar-refractivity contribution in [1.82, 2.24) is 19.6 Å². The summed E-state index contributed by atoms with van der Waals surface area (Å²) in [5.74, 6) is -0.0135. The van der Waals surface area contributed by atoms with Gasteiger partial charge in [-0.1, -0.05) is 0 Å². The zero-order valence-corrected chi connectivity index (χ0v) is 11.9. The number of hydrogen-bond acceptors (Lipinski definition) is 6. The van der Waals surface area contributed by atoms with Crippen molar-refractivity contribution in [2.75, 3.05) is 21.3 Å². The van der Waals surface area contributed by atoms with Gasteiger partial charge in [-0.05, 0) is 0 Å². The highest BCUT2D eigenvalue weighted by Crippen LogP contribution is 2.32. The number of carbonyl (C=O) groups is 1. The number of hydroxylamine groups is 2. The lowest BCUT2D eigenvalue weighted by Gasteiger charge is -2.12. The zero-order valence-electron chi connectivity index (χ0n) is 11.1. The molecule has 0 aromatic carbocycles. The van der Waals surface area contributed by atoms with Crippen LogP contribution in [0.3, 0.4) is 0 Å². The standard InChI is InChI=1S/C11H14N4O3S/c1-14-6-12-5-7(14)10-13-9(17-3)8(19-10)11(16)15(2)18-4/h5-6H,1-4H3.